The van der Waals surface area contributed by atoms with Crippen LogP contribution in [0.25, 0.3) is 10.9 Å². The second kappa shape index (κ2) is 5.68. The summed E-state index contributed by atoms with van der Waals surface area (Å²) in [6.45, 7) is 3.63. The molecule has 1 unspecified atom stereocenters. The molecule has 2 aromatic rings. The quantitative estimate of drug-likeness (QED) is 0.918. The van der Waals surface area contributed by atoms with Gasteiger partial charge in [0.15, 0.2) is 0 Å². The van der Waals surface area contributed by atoms with E-state index < -0.39 is 5.97 Å². The molecule has 0 saturated carbocycles. The van der Waals surface area contributed by atoms with Gasteiger partial charge in [0.1, 0.15) is 12.1 Å². The summed E-state index contributed by atoms with van der Waals surface area (Å²) < 4.78 is 0. The highest BCUT2D eigenvalue weighted by Crippen LogP contribution is 2.28. The van der Waals surface area contributed by atoms with Crippen molar-refractivity contribution in [1.29, 1.82) is 0 Å². The van der Waals surface area contributed by atoms with Crippen molar-refractivity contribution in [2.24, 2.45) is 5.92 Å². The highest BCUT2D eigenvalue weighted by molar-refractivity contribution is 5.91. The van der Waals surface area contributed by atoms with Crippen LogP contribution < -0.4 is 4.90 Å². The number of benzene rings is 1. The summed E-state index contributed by atoms with van der Waals surface area (Å²) in [7, 11) is 0. The van der Waals surface area contributed by atoms with Crippen LogP contribution in [-0.4, -0.2) is 34.1 Å². The Kier molecular flexibility index (Phi) is 3.73. The van der Waals surface area contributed by atoms with Gasteiger partial charge >= 0.3 is 5.97 Å². The first-order chi connectivity index (χ1) is 10.2. The first kappa shape index (κ1) is 13.8. The van der Waals surface area contributed by atoms with Crippen LogP contribution in [0, 0.1) is 12.8 Å². The Hall–Kier alpha value is -2.17. The van der Waals surface area contributed by atoms with E-state index in [1.165, 1.54) is 0 Å². The van der Waals surface area contributed by atoms with Crippen molar-refractivity contribution in [2.45, 2.75) is 26.2 Å². The molecule has 1 N–H and O–H groups in total. The number of hydrogen-bond donors (Lipinski definition) is 1. The molecule has 0 aliphatic carbocycles. The molecule has 1 fully saturated rings. The number of carbonyl (C=O) groups is 1. The Balaban J connectivity index is 1.94. The summed E-state index contributed by atoms with van der Waals surface area (Å²) in [5, 5.41) is 10.2. The number of nitrogens with zero attached hydrogens (tertiary/aromatic N) is 3. The summed E-state index contributed by atoms with van der Waals surface area (Å²) >= 11 is 0. The van der Waals surface area contributed by atoms with Gasteiger partial charge in [-0.15, -0.1) is 0 Å². The molecule has 0 spiro atoms. The fraction of sp³-hybridized carbons (Fsp3) is 0.438. The predicted octanol–water partition coefficient (Wildman–Crippen LogP) is 2.63. The van der Waals surface area contributed by atoms with Crippen molar-refractivity contribution in [1.82, 2.24) is 9.97 Å². The van der Waals surface area contributed by atoms with Crippen LogP contribution in [0.15, 0.2) is 24.5 Å². The van der Waals surface area contributed by atoms with Crippen molar-refractivity contribution >= 4 is 22.7 Å². The van der Waals surface area contributed by atoms with E-state index in [0.717, 1.165) is 48.2 Å². The summed E-state index contributed by atoms with van der Waals surface area (Å²) in [5.74, 6) is 0.0137. The molecular weight excluding hydrogens is 266 g/mol. The zero-order valence-electron chi connectivity index (χ0n) is 12.1. The maximum Gasteiger partial charge on any atom is 0.306 e. The number of fused-ring (bicyclic) bond motifs is 1. The van der Waals surface area contributed by atoms with Gasteiger partial charge < -0.3 is 10.0 Å². The van der Waals surface area contributed by atoms with Gasteiger partial charge in [0, 0.05) is 18.5 Å². The van der Waals surface area contributed by atoms with Crippen LogP contribution in [0.1, 0.15) is 24.8 Å². The smallest absolute Gasteiger partial charge is 0.306 e. The molecule has 1 aromatic heterocycles. The number of hydrogen-bond acceptors (Lipinski definition) is 4. The van der Waals surface area contributed by atoms with Gasteiger partial charge in [-0.2, -0.15) is 0 Å². The van der Waals surface area contributed by atoms with E-state index in [0.29, 0.717) is 6.42 Å². The highest BCUT2D eigenvalue weighted by Gasteiger charge is 2.23. The van der Waals surface area contributed by atoms with Gasteiger partial charge in [-0.05, 0) is 37.8 Å². The molecular formula is C16H19N3O2. The molecule has 2 heterocycles. The standard InChI is InChI=1S/C16H19N3O2/c1-11-4-2-6-13-14(11)17-10-18-15(13)19-8-3-5-12(7-9-19)16(20)21/h2,4,6,10,12H,3,5,7-9H2,1H3,(H,20,21). The molecule has 1 aromatic carbocycles. The van der Waals surface area contributed by atoms with Gasteiger partial charge in [-0.25, -0.2) is 9.97 Å². The normalized spacial score (nSPS) is 19.5. The number of anilines is 1. The zero-order valence-corrected chi connectivity index (χ0v) is 12.1. The third kappa shape index (κ3) is 2.68. The van der Waals surface area contributed by atoms with Gasteiger partial charge in [0.25, 0.3) is 0 Å². The van der Waals surface area contributed by atoms with Crippen molar-refractivity contribution in [2.75, 3.05) is 18.0 Å². The maximum atomic E-state index is 11.2. The van der Waals surface area contributed by atoms with Gasteiger partial charge in [-0.3, -0.25) is 4.79 Å². The number of carboxylic acids is 1. The largest absolute Gasteiger partial charge is 0.481 e. The summed E-state index contributed by atoms with van der Waals surface area (Å²) in [6, 6.07) is 6.10. The number of para-hydroxylation sites is 1. The van der Waals surface area contributed by atoms with Crippen LogP contribution >= 0.6 is 0 Å². The van der Waals surface area contributed by atoms with Gasteiger partial charge in [0.05, 0.1) is 11.4 Å². The fourth-order valence-corrected chi connectivity index (χ4v) is 3.03. The SMILES string of the molecule is Cc1cccc2c(N3CCCC(C(=O)O)CC3)ncnc12. The number of carboxylic acid groups (broad SMARTS) is 1. The van der Waals surface area contributed by atoms with Gasteiger partial charge in [-0.1, -0.05) is 12.1 Å². The average Bonchev–Trinajstić information content (AvgIpc) is 2.73. The van der Waals surface area contributed by atoms with Crippen molar-refractivity contribution in [3.8, 4) is 0 Å². The number of aryl methyl sites for hydroxylation is 1. The summed E-state index contributed by atoms with van der Waals surface area (Å²) in [5.41, 5.74) is 2.11. The molecule has 5 nitrogen and oxygen atoms in total. The van der Waals surface area contributed by atoms with E-state index in [9.17, 15) is 9.90 Å². The first-order valence-electron chi connectivity index (χ1n) is 7.35. The predicted molar refractivity (Wildman–Crippen MR) is 81.5 cm³/mol. The lowest BCUT2D eigenvalue weighted by Crippen LogP contribution is -2.26. The van der Waals surface area contributed by atoms with Crippen molar-refractivity contribution in [3.63, 3.8) is 0 Å². The third-order valence-corrected chi connectivity index (χ3v) is 4.22. The van der Waals surface area contributed by atoms with Crippen molar-refractivity contribution < 1.29 is 9.90 Å². The Morgan fingerprint density at radius 2 is 2.14 bits per heavy atom. The Labute approximate surface area is 123 Å². The molecule has 0 bridgehead atoms. The van der Waals surface area contributed by atoms with E-state index in [1.54, 1.807) is 6.33 Å². The third-order valence-electron chi connectivity index (χ3n) is 4.22. The minimum absolute atomic E-state index is 0.232. The molecule has 21 heavy (non-hydrogen) atoms. The second-order valence-electron chi connectivity index (χ2n) is 5.62. The molecule has 1 saturated heterocycles. The fourth-order valence-electron chi connectivity index (χ4n) is 3.03. The van der Waals surface area contributed by atoms with Gasteiger partial charge in [0.2, 0.25) is 0 Å². The lowest BCUT2D eigenvalue weighted by molar-refractivity contribution is -0.142. The lowest BCUT2D eigenvalue weighted by atomic mass is 10.0. The second-order valence-corrected chi connectivity index (χ2v) is 5.62. The first-order valence-corrected chi connectivity index (χ1v) is 7.35. The van der Waals surface area contributed by atoms with E-state index in [2.05, 4.69) is 14.9 Å². The number of aromatic nitrogens is 2. The van der Waals surface area contributed by atoms with E-state index in [4.69, 9.17) is 0 Å². The number of rotatable bonds is 2. The maximum absolute atomic E-state index is 11.2. The Morgan fingerprint density at radius 3 is 2.95 bits per heavy atom. The molecule has 1 atom stereocenters. The van der Waals surface area contributed by atoms with Crippen LogP contribution in [0.3, 0.4) is 0 Å². The monoisotopic (exact) mass is 285 g/mol. The molecule has 1 aliphatic heterocycles. The van der Waals surface area contributed by atoms with E-state index in [1.807, 2.05) is 25.1 Å². The van der Waals surface area contributed by atoms with Crippen LogP contribution in [0.4, 0.5) is 5.82 Å². The topological polar surface area (TPSA) is 66.3 Å². The Bertz CT molecular complexity index is 672. The van der Waals surface area contributed by atoms with Crippen LogP contribution in [0.5, 0.6) is 0 Å². The van der Waals surface area contributed by atoms with E-state index >= 15 is 0 Å². The lowest BCUT2D eigenvalue weighted by Gasteiger charge is -2.23. The minimum Gasteiger partial charge on any atom is -0.481 e. The molecule has 5 heteroatoms. The molecule has 0 amide bonds. The number of aliphatic carboxylic acids is 1. The molecule has 110 valence electrons. The average molecular weight is 285 g/mol. The summed E-state index contributed by atoms with van der Waals surface area (Å²) in [4.78, 5) is 22.2. The van der Waals surface area contributed by atoms with E-state index in [-0.39, 0.29) is 5.92 Å². The molecule has 1 aliphatic rings. The minimum atomic E-state index is -0.680. The van der Waals surface area contributed by atoms with Crippen LogP contribution in [0.2, 0.25) is 0 Å². The summed E-state index contributed by atoms with van der Waals surface area (Å²) in [6.07, 6.45) is 3.90. The molecule has 0 radical (unpaired) electrons. The molecule has 3 rings (SSSR count). The highest BCUT2D eigenvalue weighted by atomic mass is 16.4. The van der Waals surface area contributed by atoms with Crippen molar-refractivity contribution in [3.05, 3.63) is 30.1 Å². The van der Waals surface area contributed by atoms with Crippen LogP contribution in [-0.2, 0) is 4.79 Å². The Morgan fingerprint density at radius 1 is 1.29 bits per heavy atom. The zero-order chi connectivity index (χ0) is 14.8.